The van der Waals surface area contributed by atoms with E-state index >= 15 is 0 Å². The Balaban J connectivity index is 1.61. The van der Waals surface area contributed by atoms with Gasteiger partial charge in [-0.2, -0.15) is 0 Å². The molecule has 0 aliphatic carbocycles. The van der Waals surface area contributed by atoms with Crippen molar-refractivity contribution in [3.63, 3.8) is 0 Å². The van der Waals surface area contributed by atoms with Crippen molar-refractivity contribution in [2.24, 2.45) is 4.99 Å². The van der Waals surface area contributed by atoms with Crippen LogP contribution in [-0.2, 0) is 5.41 Å². The van der Waals surface area contributed by atoms with Gasteiger partial charge in [0, 0.05) is 24.2 Å². The van der Waals surface area contributed by atoms with Crippen LogP contribution in [0.2, 0.25) is 0 Å². The summed E-state index contributed by atoms with van der Waals surface area (Å²) in [6, 6.07) is 21.4. The van der Waals surface area contributed by atoms with Crippen molar-refractivity contribution in [1.82, 2.24) is 0 Å². The summed E-state index contributed by atoms with van der Waals surface area (Å²) in [5, 5.41) is 15.3. The van der Waals surface area contributed by atoms with Gasteiger partial charge in [-0.15, -0.1) is 0 Å². The quantitative estimate of drug-likeness (QED) is 0.273. The summed E-state index contributed by atoms with van der Waals surface area (Å²) < 4.78 is 6.84. The van der Waals surface area contributed by atoms with Gasteiger partial charge in [-0.05, 0) is 42.3 Å². The molecular formula is C26H21N3O3. The molecule has 0 fully saturated rings. The van der Waals surface area contributed by atoms with E-state index in [9.17, 15) is 10.1 Å². The largest absolute Gasteiger partial charge is 0.459 e. The lowest BCUT2D eigenvalue weighted by Crippen LogP contribution is -2.61. The first-order chi connectivity index (χ1) is 15.3. The predicted octanol–water partition coefficient (Wildman–Crippen LogP) is 6.12. The number of nitro groups is 1. The maximum atomic E-state index is 11.7. The summed E-state index contributed by atoms with van der Waals surface area (Å²) in [6.45, 7) is 4.35. The van der Waals surface area contributed by atoms with Crippen LogP contribution in [0.5, 0.6) is 5.75 Å². The molecule has 4 aromatic rings. The van der Waals surface area contributed by atoms with Crippen LogP contribution in [0.3, 0.4) is 0 Å². The number of hydrogen-bond donors (Lipinski definition) is 0. The Hall–Kier alpha value is -3.93. The number of nitrogens with zero attached hydrogens (tertiary/aromatic N) is 3. The van der Waals surface area contributed by atoms with E-state index in [1.54, 1.807) is 12.1 Å². The number of non-ortho nitro benzene ring substituents is 1. The lowest BCUT2D eigenvalue weighted by Gasteiger charge is -2.45. The van der Waals surface area contributed by atoms with E-state index in [4.69, 9.17) is 9.73 Å². The Morgan fingerprint density at radius 2 is 1.66 bits per heavy atom. The zero-order valence-corrected chi connectivity index (χ0v) is 18.0. The number of nitro benzene ring substituents is 1. The van der Waals surface area contributed by atoms with E-state index in [1.165, 1.54) is 22.4 Å². The third-order valence-electron chi connectivity index (χ3n) is 7.07. The second-order valence-electron chi connectivity index (χ2n) is 8.97. The minimum absolute atomic E-state index is 0.0318. The van der Waals surface area contributed by atoms with Crippen LogP contribution in [0.1, 0.15) is 19.4 Å². The van der Waals surface area contributed by atoms with Gasteiger partial charge < -0.3 is 9.64 Å². The van der Waals surface area contributed by atoms with Gasteiger partial charge in [0.1, 0.15) is 5.69 Å². The molecule has 0 N–H and O–H groups in total. The number of likely N-dealkylation sites (N-methyl/N-ethyl adjacent to an activating group) is 1. The normalized spacial score (nSPS) is 20.4. The number of rotatable bonds is 1. The van der Waals surface area contributed by atoms with Crippen molar-refractivity contribution in [2.45, 2.75) is 25.0 Å². The summed E-state index contributed by atoms with van der Waals surface area (Å²) in [5.74, 6) is 0.575. The fourth-order valence-electron chi connectivity index (χ4n) is 5.43. The van der Waals surface area contributed by atoms with Crippen molar-refractivity contribution in [3.8, 4) is 5.75 Å². The van der Waals surface area contributed by atoms with Gasteiger partial charge in [-0.25, -0.2) is 0 Å². The van der Waals surface area contributed by atoms with Gasteiger partial charge in [-0.3, -0.25) is 15.1 Å². The van der Waals surface area contributed by atoms with E-state index in [-0.39, 0.29) is 10.6 Å². The summed E-state index contributed by atoms with van der Waals surface area (Å²) in [5.41, 5.74) is 1.50. The molecule has 0 saturated heterocycles. The van der Waals surface area contributed by atoms with Crippen molar-refractivity contribution in [3.05, 3.63) is 82.4 Å². The van der Waals surface area contributed by atoms with E-state index in [1.807, 2.05) is 31.5 Å². The van der Waals surface area contributed by atoms with Crippen LogP contribution in [-0.4, -0.2) is 23.9 Å². The standard InChI is InChI=1S/C26H21N3O3/c1-25(2)23-17-9-5-4-8-16(17)12-13-21(23)28(3)26(25)15-27-20-14-22(29(30)31)18-10-6-7-11-19(18)24(20)32-26/h4-15H,1-3H3. The molecule has 0 aromatic heterocycles. The number of aliphatic imine (C=N–C) groups is 1. The van der Waals surface area contributed by atoms with Gasteiger partial charge in [0.05, 0.1) is 21.9 Å². The van der Waals surface area contributed by atoms with Gasteiger partial charge in [0.25, 0.3) is 5.69 Å². The molecule has 1 unspecified atom stereocenters. The van der Waals surface area contributed by atoms with Crippen LogP contribution in [0.25, 0.3) is 21.5 Å². The molecule has 6 nitrogen and oxygen atoms in total. The Kier molecular flexibility index (Phi) is 3.57. The molecule has 0 bridgehead atoms. The lowest BCUT2D eigenvalue weighted by atomic mass is 9.75. The molecule has 2 heterocycles. The molecule has 32 heavy (non-hydrogen) atoms. The van der Waals surface area contributed by atoms with E-state index in [0.29, 0.717) is 22.2 Å². The molecule has 6 heteroatoms. The first-order valence-electron chi connectivity index (χ1n) is 10.6. The number of ether oxygens (including phenoxy) is 1. The maximum Gasteiger partial charge on any atom is 0.279 e. The van der Waals surface area contributed by atoms with Gasteiger partial charge in [0.15, 0.2) is 5.75 Å². The lowest BCUT2D eigenvalue weighted by molar-refractivity contribution is -0.383. The fraction of sp³-hybridized carbons (Fsp3) is 0.192. The number of anilines is 1. The third-order valence-corrected chi connectivity index (χ3v) is 7.07. The van der Waals surface area contributed by atoms with Crippen molar-refractivity contribution in [2.75, 3.05) is 11.9 Å². The highest BCUT2D eigenvalue weighted by Crippen LogP contribution is 2.56. The predicted molar refractivity (Wildman–Crippen MR) is 127 cm³/mol. The van der Waals surface area contributed by atoms with Crippen LogP contribution in [0.4, 0.5) is 17.1 Å². The summed E-state index contributed by atoms with van der Waals surface area (Å²) >= 11 is 0. The van der Waals surface area contributed by atoms with Crippen LogP contribution in [0, 0.1) is 10.1 Å². The Bertz CT molecular complexity index is 1490. The highest BCUT2D eigenvalue weighted by atomic mass is 16.6. The SMILES string of the molecule is CN1c2ccc3ccccc3c2C(C)(C)C12C=Nc1cc([N+](=O)[O-])c3ccccc3c1O2. The van der Waals surface area contributed by atoms with Crippen LogP contribution in [0.15, 0.2) is 71.7 Å². The molecule has 1 spiro atoms. The first kappa shape index (κ1) is 18.8. The Morgan fingerprint density at radius 1 is 0.969 bits per heavy atom. The second-order valence-corrected chi connectivity index (χ2v) is 8.97. The highest BCUT2D eigenvalue weighted by molar-refractivity contribution is 6.03. The summed E-state index contributed by atoms with van der Waals surface area (Å²) in [7, 11) is 2.02. The molecule has 2 aliphatic heterocycles. The fourth-order valence-corrected chi connectivity index (χ4v) is 5.43. The van der Waals surface area contributed by atoms with E-state index < -0.39 is 11.1 Å². The van der Waals surface area contributed by atoms with Gasteiger partial charge >= 0.3 is 0 Å². The number of hydrogen-bond acceptors (Lipinski definition) is 5. The molecule has 4 aromatic carbocycles. The molecule has 0 radical (unpaired) electrons. The van der Waals surface area contributed by atoms with Crippen molar-refractivity contribution in [1.29, 1.82) is 0 Å². The molecule has 0 saturated carbocycles. The number of fused-ring (bicyclic) bond motifs is 6. The molecule has 2 aliphatic rings. The van der Waals surface area contributed by atoms with E-state index in [0.717, 1.165) is 5.69 Å². The van der Waals surface area contributed by atoms with Crippen LogP contribution >= 0.6 is 0 Å². The molecular weight excluding hydrogens is 402 g/mol. The van der Waals surface area contributed by atoms with Crippen molar-refractivity contribution >= 4 is 44.8 Å². The average molecular weight is 423 g/mol. The van der Waals surface area contributed by atoms with Crippen molar-refractivity contribution < 1.29 is 9.66 Å². The highest BCUT2D eigenvalue weighted by Gasteiger charge is 2.59. The Labute approximate surface area is 184 Å². The molecule has 6 rings (SSSR count). The zero-order valence-electron chi connectivity index (χ0n) is 18.0. The topological polar surface area (TPSA) is 68.0 Å². The van der Waals surface area contributed by atoms with E-state index in [2.05, 4.69) is 49.1 Å². The van der Waals surface area contributed by atoms with Crippen LogP contribution < -0.4 is 9.64 Å². The molecule has 1 atom stereocenters. The molecule has 158 valence electrons. The van der Waals surface area contributed by atoms with Gasteiger partial charge in [0.2, 0.25) is 5.72 Å². The third kappa shape index (κ3) is 2.16. The average Bonchev–Trinajstić information content (AvgIpc) is 2.96. The van der Waals surface area contributed by atoms with Gasteiger partial charge in [-0.1, -0.05) is 48.5 Å². The molecule has 0 amide bonds. The monoisotopic (exact) mass is 423 g/mol. The second kappa shape index (κ2) is 6.07. The summed E-state index contributed by atoms with van der Waals surface area (Å²) in [4.78, 5) is 18.2. The minimum Gasteiger partial charge on any atom is -0.459 e. The zero-order chi connectivity index (χ0) is 22.3. The smallest absolute Gasteiger partial charge is 0.279 e. The number of benzene rings is 4. The first-order valence-corrected chi connectivity index (χ1v) is 10.6. The summed E-state index contributed by atoms with van der Waals surface area (Å²) in [6.07, 6.45) is 1.81. The maximum absolute atomic E-state index is 11.7. The minimum atomic E-state index is -0.870. The Morgan fingerprint density at radius 3 is 2.41 bits per heavy atom.